The first kappa shape index (κ1) is 8.49. The Morgan fingerprint density at radius 1 is 1.64 bits per heavy atom. The lowest BCUT2D eigenvalue weighted by Crippen LogP contribution is -2.57. The molecule has 1 amide bonds. The Morgan fingerprint density at radius 2 is 2.36 bits per heavy atom. The Morgan fingerprint density at radius 3 is 2.91 bits per heavy atom. The summed E-state index contributed by atoms with van der Waals surface area (Å²) in [4.78, 5) is 11.1. The quantitative estimate of drug-likeness (QED) is 0.548. The molecule has 64 valence electrons. The molecule has 2 atom stereocenters. The van der Waals surface area contributed by atoms with Crippen LogP contribution in [0.15, 0.2) is 0 Å². The van der Waals surface area contributed by atoms with E-state index in [1.807, 2.05) is 6.92 Å². The van der Waals surface area contributed by atoms with Crippen LogP contribution in [-0.4, -0.2) is 38.3 Å². The van der Waals surface area contributed by atoms with Gasteiger partial charge in [-0.15, -0.1) is 0 Å². The van der Waals surface area contributed by atoms with Crippen LogP contribution >= 0.6 is 0 Å². The molecule has 0 aromatic carbocycles. The molecule has 1 heterocycles. The van der Waals surface area contributed by atoms with Gasteiger partial charge in [0.2, 0.25) is 5.91 Å². The van der Waals surface area contributed by atoms with Crippen LogP contribution in [0.2, 0.25) is 0 Å². The molecule has 0 aliphatic carbocycles. The molecule has 4 nitrogen and oxygen atoms in total. The third kappa shape index (κ3) is 1.91. The van der Waals surface area contributed by atoms with E-state index in [2.05, 4.69) is 10.6 Å². The van der Waals surface area contributed by atoms with Gasteiger partial charge in [-0.25, -0.2) is 0 Å². The number of hydrogen-bond acceptors (Lipinski definition) is 3. The minimum absolute atomic E-state index is 0.0330. The summed E-state index contributed by atoms with van der Waals surface area (Å²) < 4.78 is 5.04. The van der Waals surface area contributed by atoms with Crippen molar-refractivity contribution < 1.29 is 9.53 Å². The third-order valence-electron chi connectivity index (χ3n) is 1.91. The van der Waals surface area contributed by atoms with E-state index >= 15 is 0 Å². The molecule has 2 N–H and O–H groups in total. The smallest absolute Gasteiger partial charge is 0.239 e. The fourth-order valence-corrected chi connectivity index (χ4v) is 1.13. The number of hydrogen-bond donors (Lipinski definition) is 2. The Labute approximate surface area is 66.3 Å². The maximum atomic E-state index is 11.1. The molecule has 11 heavy (non-hydrogen) atoms. The van der Waals surface area contributed by atoms with Crippen LogP contribution in [0.4, 0.5) is 0 Å². The predicted octanol–water partition coefficient (Wildman–Crippen LogP) is -0.891. The average Bonchev–Trinajstić information content (AvgIpc) is 2.04. The van der Waals surface area contributed by atoms with Gasteiger partial charge in [-0.3, -0.25) is 4.79 Å². The number of carbonyl (C=O) groups excluding carboxylic acids is 1. The van der Waals surface area contributed by atoms with Crippen LogP contribution in [0.25, 0.3) is 0 Å². The summed E-state index contributed by atoms with van der Waals surface area (Å²) in [6.07, 6.45) is -0.0599. The number of methoxy groups -OCH3 is 1. The van der Waals surface area contributed by atoms with Gasteiger partial charge in [-0.2, -0.15) is 0 Å². The molecule has 1 aliphatic heterocycles. The molecule has 0 radical (unpaired) electrons. The second-order valence-electron chi connectivity index (χ2n) is 2.66. The molecule has 0 aromatic heterocycles. The van der Waals surface area contributed by atoms with Crippen LogP contribution in [0.5, 0.6) is 0 Å². The van der Waals surface area contributed by atoms with Crippen molar-refractivity contribution in [3.63, 3.8) is 0 Å². The van der Waals surface area contributed by atoms with Gasteiger partial charge in [-0.1, -0.05) is 0 Å². The highest BCUT2D eigenvalue weighted by Gasteiger charge is 2.26. The van der Waals surface area contributed by atoms with Crippen molar-refractivity contribution in [1.29, 1.82) is 0 Å². The largest absolute Gasteiger partial charge is 0.380 e. The van der Waals surface area contributed by atoms with E-state index in [9.17, 15) is 4.79 Å². The maximum absolute atomic E-state index is 11.1. The number of piperazine rings is 1. The zero-order valence-corrected chi connectivity index (χ0v) is 6.89. The second-order valence-corrected chi connectivity index (χ2v) is 2.66. The molecular formula is C7H14N2O2. The van der Waals surface area contributed by atoms with Crippen molar-refractivity contribution in [2.75, 3.05) is 20.2 Å². The van der Waals surface area contributed by atoms with Crippen molar-refractivity contribution in [2.45, 2.75) is 19.1 Å². The minimum atomic E-state index is -0.186. The maximum Gasteiger partial charge on any atom is 0.239 e. The van der Waals surface area contributed by atoms with Crippen LogP contribution in [0.1, 0.15) is 6.92 Å². The van der Waals surface area contributed by atoms with Crippen LogP contribution < -0.4 is 10.6 Å². The van der Waals surface area contributed by atoms with Crippen LogP contribution in [-0.2, 0) is 9.53 Å². The molecule has 1 aliphatic rings. The van der Waals surface area contributed by atoms with Crippen LogP contribution in [0, 0.1) is 0 Å². The van der Waals surface area contributed by atoms with Crippen molar-refractivity contribution in [3.8, 4) is 0 Å². The van der Waals surface area contributed by atoms with E-state index in [0.29, 0.717) is 6.54 Å². The van der Waals surface area contributed by atoms with Crippen molar-refractivity contribution in [3.05, 3.63) is 0 Å². The van der Waals surface area contributed by atoms with Gasteiger partial charge in [0.25, 0.3) is 0 Å². The monoisotopic (exact) mass is 158 g/mol. The first-order valence-electron chi connectivity index (χ1n) is 3.79. The second kappa shape index (κ2) is 3.69. The third-order valence-corrected chi connectivity index (χ3v) is 1.91. The number of rotatable bonds is 2. The van der Waals surface area contributed by atoms with E-state index in [0.717, 1.165) is 6.54 Å². The average molecular weight is 158 g/mol. The van der Waals surface area contributed by atoms with Crippen molar-refractivity contribution in [2.24, 2.45) is 0 Å². The Hall–Kier alpha value is -0.610. The van der Waals surface area contributed by atoms with Crippen molar-refractivity contribution >= 4 is 5.91 Å². The number of nitrogens with one attached hydrogen (secondary N) is 2. The Kier molecular flexibility index (Phi) is 2.84. The highest BCUT2D eigenvalue weighted by molar-refractivity contribution is 5.83. The summed E-state index contributed by atoms with van der Waals surface area (Å²) in [5.74, 6) is 0.0330. The van der Waals surface area contributed by atoms with Gasteiger partial charge in [0.05, 0.1) is 6.10 Å². The molecule has 1 fully saturated rings. The molecule has 0 saturated carbocycles. The molecule has 0 aromatic rings. The summed E-state index contributed by atoms with van der Waals surface area (Å²) in [7, 11) is 1.61. The Balaban J connectivity index is 2.47. The molecule has 1 saturated heterocycles. The summed E-state index contributed by atoms with van der Waals surface area (Å²) in [5.41, 5.74) is 0. The first-order valence-corrected chi connectivity index (χ1v) is 3.79. The fraction of sp³-hybridized carbons (Fsp3) is 0.857. The van der Waals surface area contributed by atoms with Gasteiger partial charge in [-0.05, 0) is 6.92 Å². The summed E-state index contributed by atoms with van der Waals surface area (Å²) >= 11 is 0. The number of carbonyl (C=O) groups is 1. The zero-order chi connectivity index (χ0) is 8.27. The van der Waals surface area contributed by atoms with Crippen LogP contribution in [0.3, 0.4) is 0 Å². The minimum Gasteiger partial charge on any atom is -0.380 e. The summed E-state index contributed by atoms with van der Waals surface area (Å²) in [6, 6.07) is -0.186. The normalized spacial score (nSPS) is 27.8. The SMILES string of the molecule is COC(C)C1NCCNC1=O. The topological polar surface area (TPSA) is 50.4 Å². The molecule has 0 spiro atoms. The molecule has 0 bridgehead atoms. The van der Waals surface area contributed by atoms with E-state index in [4.69, 9.17) is 4.74 Å². The Bertz CT molecular complexity index is 149. The zero-order valence-electron chi connectivity index (χ0n) is 6.89. The predicted molar refractivity (Wildman–Crippen MR) is 41.3 cm³/mol. The highest BCUT2D eigenvalue weighted by Crippen LogP contribution is 1.99. The fourth-order valence-electron chi connectivity index (χ4n) is 1.13. The highest BCUT2D eigenvalue weighted by atomic mass is 16.5. The molecular weight excluding hydrogens is 144 g/mol. The van der Waals surface area contributed by atoms with Gasteiger partial charge in [0.15, 0.2) is 0 Å². The van der Waals surface area contributed by atoms with Gasteiger partial charge < -0.3 is 15.4 Å². The van der Waals surface area contributed by atoms with E-state index < -0.39 is 0 Å². The lowest BCUT2D eigenvalue weighted by atomic mass is 10.1. The van der Waals surface area contributed by atoms with Gasteiger partial charge in [0.1, 0.15) is 6.04 Å². The number of ether oxygens (including phenoxy) is 1. The van der Waals surface area contributed by atoms with Gasteiger partial charge >= 0.3 is 0 Å². The first-order chi connectivity index (χ1) is 5.25. The molecule has 1 rings (SSSR count). The van der Waals surface area contributed by atoms with Crippen molar-refractivity contribution in [1.82, 2.24) is 10.6 Å². The summed E-state index contributed by atoms with van der Waals surface area (Å²) in [6.45, 7) is 3.42. The van der Waals surface area contributed by atoms with E-state index in [1.54, 1.807) is 7.11 Å². The molecule has 2 unspecified atom stereocenters. The lowest BCUT2D eigenvalue weighted by Gasteiger charge is -2.27. The molecule has 4 heteroatoms. The number of amides is 1. The van der Waals surface area contributed by atoms with E-state index in [1.165, 1.54) is 0 Å². The lowest BCUT2D eigenvalue weighted by molar-refractivity contribution is -0.127. The van der Waals surface area contributed by atoms with E-state index in [-0.39, 0.29) is 18.1 Å². The summed E-state index contributed by atoms with van der Waals surface area (Å²) in [5, 5.41) is 5.85. The standard InChI is InChI=1S/C7H14N2O2/c1-5(11-2)6-7(10)9-4-3-8-6/h5-6,8H,3-4H2,1-2H3,(H,9,10). The van der Waals surface area contributed by atoms with Gasteiger partial charge in [0, 0.05) is 20.2 Å².